The predicted molar refractivity (Wildman–Crippen MR) is 121 cm³/mol. The van der Waals surface area contributed by atoms with Crippen LogP contribution in [0.2, 0.25) is 0 Å². The number of likely N-dealkylation sites (tertiary alicyclic amines) is 1. The van der Waals surface area contributed by atoms with Crippen molar-refractivity contribution in [3.05, 3.63) is 41.5 Å². The van der Waals surface area contributed by atoms with Crippen molar-refractivity contribution in [3.8, 4) is 0 Å². The van der Waals surface area contributed by atoms with Gasteiger partial charge in [0.1, 0.15) is 5.60 Å². The molecule has 0 spiro atoms. The van der Waals surface area contributed by atoms with Crippen molar-refractivity contribution < 1.29 is 19.1 Å². The van der Waals surface area contributed by atoms with Crippen LogP contribution in [0.4, 0.5) is 4.79 Å². The standard InChI is InChI=1S/C24H35N3O4/c1-18-7-5-6-8-20(18)9-10-21(28)26-17-19-12-15-27(16-13-19)22(29)11-14-25-23(30)31-24(2,3)4/h5-10,19H,11-17H2,1-4H3,(H,25,30)(H,26,28)/b10-9+. The van der Waals surface area contributed by atoms with Crippen LogP contribution in [-0.2, 0) is 14.3 Å². The lowest BCUT2D eigenvalue weighted by Crippen LogP contribution is -2.42. The van der Waals surface area contributed by atoms with Crippen molar-refractivity contribution in [2.45, 2.75) is 52.6 Å². The Labute approximate surface area is 185 Å². The predicted octanol–water partition coefficient (Wildman–Crippen LogP) is 3.28. The highest BCUT2D eigenvalue weighted by atomic mass is 16.6. The second-order valence-electron chi connectivity index (χ2n) is 8.94. The maximum Gasteiger partial charge on any atom is 0.407 e. The van der Waals surface area contributed by atoms with Gasteiger partial charge in [0.05, 0.1) is 0 Å². The summed E-state index contributed by atoms with van der Waals surface area (Å²) in [5.74, 6) is 0.287. The first kappa shape index (κ1) is 24.4. The first-order valence-corrected chi connectivity index (χ1v) is 10.9. The van der Waals surface area contributed by atoms with E-state index in [0.29, 0.717) is 25.6 Å². The molecule has 0 unspecified atom stereocenters. The summed E-state index contributed by atoms with van der Waals surface area (Å²) < 4.78 is 5.16. The lowest BCUT2D eigenvalue weighted by Gasteiger charge is -2.32. The molecule has 1 saturated heterocycles. The van der Waals surface area contributed by atoms with Crippen LogP contribution in [0.25, 0.3) is 6.08 Å². The fourth-order valence-electron chi connectivity index (χ4n) is 3.37. The van der Waals surface area contributed by atoms with Gasteiger partial charge in [0.25, 0.3) is 0 Å². The van der Waals surface area contributed by atoms with Gasteiger partial charge in [-0.05, 0) is 63.7 Å². The van der Waals surface area contributed by atoms with Gasteiger partial charge in [-0.3, -0.25) is 9.59 Å². The van der Waals surface area contributed by atoms with Gasteiger partial charge < -0.3 is 20.3 Å². The number of nitrogens with one attached hydrogen (secondary N) is 2. The first-order chi connectivity index (χ1) is 14.6. The molecule has 0 atom stereocenters. The fourth-order valence-corrected chi connectivity index (χ4v) is 3.37. The minimum Gasteiger partial charge on any atom is -0.444 e. The van der Waals surface area contributed by atoms with E-state index in [2.05, 4.69) is 10.6 Å². The Morgan fingerprint density at radius 2 is 1.81 bits per heavy atom. The molecular weight excluding hydrogens is 394 g/mol. The van der Waals surface area contributed by atoms with Crippen LogP contribution in [0.3, 0.4) is 0 Å². The number of aryl methyl sites for hydroxylation is 1. The van der Waals surface area contributed by atoms with Crippen molar-refractivity contribution in [3.63, 3.8) is 0 Å². The number of piperidine rings is 1. The number of ether oxygens (including phenoxy) is 1. The third-order valence-corrected chi connectivity index (χ3v) is 5.14. The Morgan fingerprint density at radius 1 is 1.13 bits per heavy atom. The SMILES string of the molecule is Cc1ccccc1/C=C/C(=O)NCC1CCN(C(=O)CCNC(=O)OC(C)(C)C)CC1. The second kappa shape index (κ2) is 11.5. The molecule has 1 aromatic rings. The highest BCUT2D eigenvalue weighted by molar-refractivity contribution is 5.91. The molecule has 7 nitrogen and oxygen atoms in total. The Balaban J connectivity index is 1.63. The molecular formula is C24H35N3O4. The largest absolute Gasteiger partial charge is 0.444 e. The van der Waals surface area contributed by atoms with Crippen LogP contribution >= 0.6 is 0 Å². The van der Waals surface area contributed by atoms with E-state index >= 15 is 0 Å². The zero-order valence-corrected chi connectivity index (χ0v) is 19.1. The molecule has 1 aromatic carbocycles. The molecule has 31 heavy (non-hydrogen) atoms. The van der Waals surface area contributed by atoms with Crippen LogP contribution < -0.4 is 10.6 Å². The lowest BCUT2D eigenvalue weighted by molar-refractivity contribution is -0.132. The van der Waals surface area contributed by atoms with Crippen molar-refractivity contribution >= 4 is 24.0 Å². The summed E-state index contributed by atoms with van der Waals surface area (Å²) in [5.41, 5.74) is 1.61. The van der Waals surface area contributed by atoms with Gasteiger partial charge in [-0.1, -0.05) is 24.3 Å². The molecule has 0 saturated carbocycles. The highest BCUT2D eigenvalue weighted by Gasteiger charge is 2.23. The van der Waals surface area contributed by atoms with E-state index in [4.69, 9.17) is 4.74 Å². The van der Waals surface area contributed by atoms with Crippen LogP contribution in [0.1, 0.15) is 51.2 Å². The smallest absolute Gasteiger partial charge is 0.407 e. The van der Waals surface area contributed by atoms with Crippen LogP contribution in [0.15, 0.2) is 30.3 Å². The highest BCUT2D eigenvalue weighted by Crippen LogP contribution is 2.17. The van der Waals surface area contributed by atoms with Crippen LogP contribution in [0.5, 0.6) is 0 Å². The molecule has 0 aromatic heterocycles. The van der Waals surface area contributed by atoms with E-state index in [0.717, 1.165) is 24.0 Å². The minimum atomic E-state index is -0.554. The third-order valence-electron chi connectivity index (χ3n) is 5.14. The first-order valence-electron chi connectivity index (χ1n) is 10.9. The summed E-state index contributed by atoms with van der Waals surface area (Å²) in [6, 6.07) is 7.92. The Kier molecular flexibility index (Phi) is 9.09. The lowest BCUT2D eigenvalue weighted by atomic mass is 9.96. The summed E-state index contributed by atoms with van der Waals surface area (Å²) in [4.78, 5) is 37.9. The quantitative estimate of drug-likeness (QED) is 0.651. The number of carbonyl (C=O) groups excluding carboxylic acids is 3. The van der Waals surface area contributed by atoms with Crippen molar-refractivity contribution in [2.24, 2.45) is 5.92 Å². The van der Waals surface area contributed by atoms with Gasteiger partial charge >= 0.3 is 6.09 Å². The molecule has 7 heteroatoms. The average Bonchev–Trinajstić information content (AvgIpc) is 2.70. The fraction of sp³-hybridized carbons (Fsp3) is 0.542. The van der Waals surface area contributed by atoms with E-state index in [1.165, 1.54) is 0 Å². The molecule has 1 fully saturated rings. The monoisotopic (exact) mass is 429 g/mol. The van der Waals surface area contributed by atoms with E-state index in [1.807, 2.05) is 42.2 Å². The van der Waals surface area contributed by atoms with E-state index in [1.54, 1.807) is 26.8 Å². The maximum absolute atomic E-state index is 12.3. The summed E-state index contributed by atoms with van der Waals surface area (Å²) >= 11 is 0. The van der Waals surface area contributed by atoms with Gasteiger partial charge in [0.2, 0.25) is 11.8 Å². The number of alkyl carbamates (subject to hydrolysis) is 1. The van der Waals surface area contributed by atoms with Gasteiger partial charge in [-0.25, -0.2) is 4.79 Å². The van der Waals surface area contributed by atoms with Crippen molar-refractivity contribution in [2.75, 3.05) is 26.2 Å². The molecule has 1 aliphatic rings. The molecule has 0 bridgehead atoms. The number of carbonyl (C=O) groups is 3. The zero-order valence-electron chi connectivity index (χ0n) is 19.1. The number of hydrogen-bond donors (Lipinski definition) is 2. The zero-order chi connectivity index (χ0) is 22.9. The summed E-state index contributed by atoms with van der Waals surface area (Å²) in [6.07, 6.45) is 4.85. The third kappa shape index (κ3) is 9.24. The Bertz CT molecular complexity index is 790. The second-order valence-corrected chi connectivity index (χ2v) is 8.94. The minimum absolute atomic E-state index is 0.0275. The molecule has 0 radical (unpaired) electrons. The molecule has 2 N–H and O–H groups in total. The number of hydrogen-bond acceptors (Lipinski definition) is 4. The molecule has 2 rings (SSSR count). The topological polar surface area (TPSA) is 87.7 Å². The number of amides is 3. The normalized spacial score (nSPS) is 15.0. The maximum atomic E-state index is 12.3. The van der Waals surface area contributed by atoms with Crippen LogP contribution in [-0.4, -0.2) is 54.6 Å². The molecule has 3 amide bonds. The summed E-state index contributed by atoms with van der Waals surface area (Å²) in [5, 5.41) is 5.58. The van der Waals surface area contributed by atoms with Gasteiger partial charge in [0.15, 0.2) is 0 Å². The van der Waals surface area contributed by atoms with Gasteiger partial charge in [-0.2, -0.15) is 0 Å². The summed E-state index contributed by atoms with van der Waals surface area (Å²) in [7, 11) is 0. The van der Waals surface area contributed by atoms with E-state index < -0.39 is 11.7 Å². The Hall–Kier alpha value is -2.83. The Morgan fingerprint density at radius 3 is 2.45 bits per heavy atom. The van der Waals surface area contributed by atoms with Crippen LogP contribution in [0, 0.1) is 12.8 Å². The number of benzene rings is 1. The average molecular weight is 430 g/mol. The number of nitrogens with zero attached hydrogens (tertiary/aromatic N) is 1. The molecule has 170 valence electrons. The van der Waals surface area contributed by atoms with Gasteiger partial charge in [-0.15, -0.1) is 0 Å². The molecule has 0 aliphatic carbocycles. The van der Waals surface area contributed by atoms with E-state index in [-0.39, 0.29) is 24.8 Å². The summed E-state index contributed by atoms with van der Waals surface area (Å²) in [6.45, 7) is 9.62. The van der Waals surface area contributed by atoms with Crippen molar-refractivity contribution in [1.29, 1.82) is 0 Å². The van der Waals surface area contributed by atoms with E-state index in [9.17, 15) is 14.4 Å². The van der Waals surface area contributed by atoms with Gasteiger partial charge in [0, 0.05) is 38.7 Å². The van der Waals surface area contributed by atoms with Crippen molar-refractivity contribution in [1.82, 2.24) is 15.5 Å². The number of rotatable bonds is 7. The molecule has 1 aliphatic heterocycles. The molecule has 1 heterocycles.